The second-order valence-electron chi connectivity index (χ2n) is 9.70. The van der Waals surface area contributed by atoms with Gasteiger partial charge in [-0.15, -0.1) is 0 Å². The molecule has 206 valence electrons. The lowest BCUT2D eigenvalue weighted by Crippen LogP contribution is -2.30. The summed E-state index contributed by atoms with van der Waals surface area (Å²) in [5.41, 5.74) is 1.10. The number of hydrogen-bond acceptors (Lipinski definition) is 8. The van der Waals surface area contributed by atoms with Crippen LogP contribution in [0.15, 0.2) is 35.5 Å². The Morgan fingerprint density at radius 3 is 2.63 bits per heavy atom. The number of halogens is 2. The standard InChI is InChI=1S/C27H35F2N5O3S/c1-38-27-32-22(17-23(33-27)34-21-8-3-2-7-20(21)31-26(34)25(28)29)30-18-10-12-19(13-11-18)35-15-6-16-37-24-9-4-5-14-36-24/h2-3,7-8,17-19,24-25H,4-6,9-16H2,1H3,(H,30,32,33)/t18-,19-,24?. The maximum absolute atomic E-state index is 13.9. The molecule has 1 atom stereocenters. The van der Waals surface area contributed by atoms with Gasteiger partial charge < -0.3 is 19.5 Å². The van der Waals surface area contributed by atoms with E-state index in [0.29, 0.717) is 41.0 Å². The summed E-state index contributed by atoms with van der Waals surface area (Å²) in [5, 5.41) is 4.03. The molecule has 1 saturated carbocycles. The zero-order chi connectivity index (χ0) is 26.3. The van der Waals surface area contributed by atoms with Gasteiger partial charge in [-0.1, -0.05) is 23.9 Å². The van der Waals surface area contributed by atoms with E-state index < -0.39 is 6.43 Å². The Morgan fingerprint density at radius 1 is 1.05 bits per heavy atom. The van der Waals surface area contributed by atoms with Gasteiger partial charge in [0, 0.05) is 25.3 Å². The highest BCUT2D eigenvalue weighted by atomic mass is 32.2. The number of fused-ring (bicyclic) bond motifs is 1. The van der Waals surface area contributed by atoms with Gasteiger partial charge in [0.1, 0.15) is 11.6 Å². The molecule has 1 aromatic carbocycles. The molecule has 11 heteroatoms. The Morgan fingerprint density at radius 2 is 1.87 bits per heavy atom. The van der Waals surface area contributed by atoms with Crippen molar-refractivity contribution in [3.05, 3.63) is 36.2 Å². The summed E-state index contributed by atoms with van der Waals surface area (Å²) in [6, 6.07) is 9.07. The van der Waals surface area contributed by atoms with E-state index in [-0.39, 0.29) is 24.3 Å². The second kappa shape index (κ2) is 13.1. The summed E-state index contributed by atoms with van der Waals surface area (Å²) in [6.07, 6.45) is 7.29. The smallest absolute Gasteiger partial charge is 0.296 e. The molecule has 1 unspecified atom stereocenters. The van der Waals surface area contributed by atoms with E-state index in [1.54, 1.807) is 24.3 Å². The fourth-order valence-corrected chi connectivity index (χ4v) is 5.45. The lowest BCUT2D eigenvalue weighted by atomic mass is 9.93. The Bertz CT molecular complexity index is 1180. The van der Waals surface area contributed by atoms with Crippen LogP contribution in [0.5, 0.6) is 0 Å². The molecule has 38 heavy (non-hydrogen) atoms. The van der Waals surface area contributed by atoms with E-state index in [1.807, 2.05) is 12.3 Å². The van der Waals surface area contributed by atoms with Crippen molar-refractivity contribution in [2.24, 2.45) is 0 Å². The van der Waals surface area contributed by atoms with Crippen LogP contribution in [-0.2, 0) is 14.2 Å². The molecule has 3 aromatic rings. The van der Waals surface area contributed by atoms with Crippen molar-refractivity contribution in [3.8, 4) is 5.82 Å². The summed E-state index contributed by atoms with van der Waals surface area (Å²) in [5.74, 6) is 0.690. The van der Waals surface area contributed by atoms with Crippen molar-refractivity contribution in [3.63, 3.8) is 0 Å². The monoisotopic (exact) mass is 547 g/mol. The third-order valence-corrected chi connectivity index (χ3v) is 7.54. The van der Waals surface area contributed by atoms with E-state index in [0.717, 1.165) is 51.6 Å². The Kier molecular flexibility index (Phi) is 9.42. The van der Waals surface area contributed by atoms with Crippen molar-refractivity contribution in [2.75, 3.05) is 31.4 Å². The van der Waals surface area contributed by atoms with Crippen LogP contribution in [0.3, 0.4) is 0 Å². The van der Waals surface area contributed by atoms with Crippen molar-refractivity contribution in [1.29, 1.82) is 0 Å². The van der Waals surface area contributed by atoms with Gasteiger partial charge in [-0.3, -0.25) is 4.57 Å². The number of thioether (sulfide) groups is 1. The van der Waals surface area contributed by atoms with E-state index in [2.05, 4.69) is 20.3 Å². The predicted octanol–water partition coefficient (Wildman–Crippen LogP) is 6.15. The number of imidazole rings is 1. The molecule has 2 aliphatic rings. The minimum Gasteiger partial charge on any atom is -0.378 e. The minimum absolute atomic E-state index is 0.0475. The average molecular weight is 548 g/mol. The van der Waals surface area contributed by atoms with Crippen LogP contribution in [0.25, 0.3) is 16.9 Å². The van der Waals surface area contributed by atoms with Gasteiger partial charge in [0.05, 0.1) is 23.7 Å². The molecule has 0 spiro atoms. The van der Waals surface area contributed by atoms with Gasteiger partial charge in [-0.2, -0.15) is 0 Å². The Labute approximate surface area is 225 Å². The molecule has 0 amide bonds. The summed E-state index contributed by atoms with van der Waals surface area (Å²) in [4.78, 5) is 13.3. The lowest BCUT2D eigenvalue weighted by molar-refractivity contribution is -0.164. The van der Waals surface area contributed by atoms with Crippen LogP contribution >= 0.6 is 11.8 Å². The molecule has 2 aromatic heterocycles. The number of anilines is 1. The Hall–Kier alpha value is -2.34. The van der Waals surface area contributed by atoms with Gasteiger partial charge >= 0.3 is 0 Å². The topological polar surface area (TPSA) is 83.3 Å². The number of para-hydroxylation sites is 2. The quantitative estimate of drug-likeness (QED) is 0.174. The molecule has 0 radical (unpaired) electrons. The third-order valence-electron chi connectivity index (χ3n) is 7.00. The number of nitrogens with zero attached hydrogens (tertiary/aromatic N) is 4. The average Bonchev–Trinajstić information content (AvgIpc) is 3.34. The Balaban J connectivity index is 1.16. The fourth-order valence-electron chi connectivity index (χ4n) is 5.07. The fraction of sp³-hybridized carbons (Fsp3) is 0.593. The maximum Gasteiger partial charge on any atom is 0.296 e. The van der Waals surface area contributed by atoms with E-state index in [9.17, 15) is 8.78 Å². The zero-order valence-electron chi connectivity index (χ0n) is 21.7. The molecule has 1 N–H and O–H groups in total. The number of aromatic nitrogens is 4. The minimum atomic E-state index is -2.73. The molecule has 8 nitrogen and oxygen atoms in total. The third kappa shape index (κ3) is 6.80. The molecule has 5 rings (SSSR count). The van der Waals surface area contributed by atoms with Crippen molar-refractivity contribution in [2.45, 2.75) is 81.4 Å². The van der Waals surface area contributed by atoms with Gasteiger partial charge in [0.2, 0.25) is 0 Å². The van der Waals surface area contributed by atoms with Crippen LogP contribution in [-0.4, -0.2) is 64.0 Å². The van der Waals surface area contributed by atoms with Gasteiger partial charge in [-0.05, 0) is 69.8 Å². The van der Waals surface area contributed by atoms with Crippen LogP contribution in [0, 0.1) is 0 Å². The molecular formula is C27H35F2N5O3S. The van der Waals surface area contributed by atoms with Gasteiger partial charge in [0.25, 0.3) is 6.43 Å². The summed E-state index contributed by atoms with van der Waals surface area (Å²) < 4.78 is 46.7. The second-order valence-corrected chi connectivity index (χ2v) is 10.5. The summed E-state index contributed by atoms with van der Waals surface area (Å²) in [7, 11) is 0. The van der Waals surface area contributed by atoms with Crippen LogP contribution in [0.2, 0.25) is 0 Å². The molecule has 1 saturated heterocycles. The molecule has 2 fully saturated rings. The first kappa shape index (κ1) is 27.2. The number of nitrogens with one attached hydrogen (secondary N) is 1. The zero-order valence-corrected chi connectivity index (χ0v) is 22.5. The lowest BCUT2D eigenvalue weighted by Gasteiger charge is -2.29. The van der Waals surface area contributed by atoms with Crippen molar-refractivity contribution in [1.82, 2.24) is 19.5 Å². The van der Waals surface area contributed by atoms with Crippen LogP contribution < -0.4 is 5.32 Å². The van der Waals surface area contributed by atoms with Crippen LogP contribution in [0.4, 0.5) is 14.6 Å². The first-order chi connectivity index (χ1) is 18.6. The molecule has 1 aliphatic carbocycles. The summed E-state index contributed by atoms with van der Waals surface area (Å²) in [6.45, 7) is 2.15. The van der Waals surface area contributed by atoms with E-state index in [4.69, 9.17) is 14.2 Å². The van der Waals surface area contributed by atoms with Gasteiger partial charge in [-0.25, -0.2) is 23.7 Å². The van der Waals surface area contributed by atoms with E-state index in [1.165, 1.54) is 22.7 Å². The first-order valence-electron chi connectivity index (χ1n) is 13.4. The highest BCUT2D eigenvalue weighted by Crippen LogP contribution is 2.30. The number of hydrogen-bond donors (Lipinski definition) is 1. The largest absolute Gasteiger partial charge is 0.378 e. The van der Waals surface area contributed by atoms with Crippen molar-refractivity contribution >= 4 is 28.6 Å². The molecule has 0 bridgehead atoms. The summed E-state index contributed by atoms with van der Waals surface area (Å²) >= 11 is 1.38. The van der Waals surface area contributed by atoms with E-state index >= 15 is 0 Å². The molecule has 3 heterocycles. The highest BCUT2D eigenvalue weighted by molar-refractivity contribution is 7.98. The number of alkyl halides is 2. The normalized spacial score (nSPS) is 22.3. The molecular weight excluding hydrogens is 512 g/mol. The molecule has 1 aliphatic heterocycles. The predicted molar refractivity (Wildman–Crippen MR) is 143 cm³/mol. The number of ether oxygens (including phenoxy) is 3. The van der Waals surface area contributed by atoms with Crippen molar-refractivity contribution < 1.29 is 23.0 Å². The number of benzene rings is 1. The highest BCUT2D eigenvalue weighted by Gasteiger charge is 2.24. The van der Waals surface area contributed by atoms with Gasteiger partial charge in [0.15, 0.2) is 17.3 Å². The maximum atomic E-state index is 13.9. The SMILES string of the molecule is CSc1nc(N[C@H]2CC[C@H](OCCCOC3CCCCO3)CC2)cc(-n2c(C(F)F)nc3ccccc32)n1. The van der Waals surface area contributed by atoms with Crippen LogP contribution in [0.1, 0.15) is 63.6 Å². The first-order valence-corrected chi connectivity index (χ1v) is 14.6. The number of rotatable bonds is 11.